The molecule has 0 saturated carbocycles. The number of nitrogens with zero attached hydrogens (tertiary/aromatic N) is 5. The van der Waals surface area contributed by atoms with Gasteiger partial charge in [-0.25, -0.2) is 4.98 Å². The number of nitrogen functional groups attached to an aromatic ring is 1. The molecule has 22 heavy (non-hydrogen) atoms. The summed E-state index contributed by atoms with van der Waals surface area (Å²) in [5.74, 6) is 0.924. The lowest BCUT2D eigenvalue weighted by Crippen LogP contribution is -2.34. The Labute approximate surface area is 129 Å². The second-order valence-electron chi connectivity index (χ2n) is 5.76. The third-order valence-corrected chi connectivity index (χ3v) is 4.00. The van der Waals surface area contributed by atoms with Crippen LogP contribution in [0.25, 0.3) is 11.2 Å². The highest BCUT2D eigenvalue weighted by Crippen LogP contribution is 2.23. The number of aromatic nitrogens is 4. The molecule has 0 aliphatic carbocycles. The van der Waals surface area contributed by atoms with Crippen molar-refractivity contribution >= 4 is 22.9 Å². The maximum absolute atomic E-state index is 10.3. The second kappa shape index (κ2) is 6.45. The molecule has 3 heterocycles. The predicted octanol–water partition coefficient (Wildman–Crippen LogP) is 0.218. The average Bonchev–Trinajstić information content (AvgIpc) is 2.87. The lowest BCUT2D eigenvalue weighted by molar-refractivity contribution is 0.132. The summed E-state index contributed by atoms with van der Waals surface area (Å²) in [7, 11) is 0. The largest absolute Gasteiger partial charge is 0.390 e. The van der Waals surface area contributed by atoms with Gasteiger partial charge in [0.05, 0.1) is 12.4 Å². The van der Waals surface area contributed by atoms with Gasteiger partial charge < -0.3 is 20.7 Å². The summed E-state index contributed by atoms with van der Waals surface area (Å²) < 4.78 is 0. The molecule has 0 aromatic carbocycles. The van der Waals surface area contributed by atoms with Crippen LogP contribution in [0.3, 0.4) is 0 Å². The van der Waals surface area contributed by atoms with Gasteiger partial charge in [-0.15, -0.1) is 0 Å². The Kier molecular flexibility index (Phi) is 4.39. The minimum absolute atomic E-state index is 0.205. The summed E-state index contributed by atoms with van der Waals surface area (Å²) in [6.07, 6.45) is 3.49. The fourth-order valence-electron chi connectivity index (χ4n) is 2.90. The Bertz CT molecular complexity index is 629. The maximum atomic E-state index is 10.3. The number of nitrogens with one attached hydrogen (secondary N) is 1. The first-order valence-electron chi connectivity index (χ1n) is 7.79. The van der Waals surface area contributed by atoms with E-state index in [2.05, 4.69) is 36.7 Å². The smallest absolute Gasteiger partial charge is 0.224 e. The third kappa shape index (κ3) is 3.12. The molecule has 3 rings (SSSR count). The molecular weight excluding hydrogens is 282 g/mol. The minimum atomic E-state index is -0.409. The molecule has 2 aromatic heterocycles. The fraction of sp³-hybridized carbons (Fsp3) is 0.643. The third-order valence-electron chi connectivity index (χ3n) is 4.00. The van der Waals surface area contributed by atoms with Crippen LogP contribution >= 0.6 is 0 Å². The number of β-amino-alcohol motifs (C(OH)–C–C–N with tert-alkyl or cyclic N) is 1. The van der Waals surface area contributed by atoms with Gasteiger partial charge >= 0.3 is 0 Å². The van der Waals surface area contributed by atoms with Crippen molar-refractivity contribution in [2.24, 2.45) is 0 Å². The zero-order chi connectivity index (χ0) is 15.5. The highest BCUT2D eigenvalue weighted by molar-refractivity contribution is 5.84. The molecule has 1 fully saturated rings. The van der Waals surface area contributed by atoms with E-state index < -0.39 is 6.10 Å². The number of imidazole rings is 1. The molecular formula is C14H23N7O. The predicted molar refractivity (Wildman–Crippen MR) is 85.7 cm³/mol. The van der Waals surface area contributed by atoms with E-state index in [0.717, 1.165) is 43.8 Å². The summed E-state index contributed by atoms with van der Waals surface area (Å²) in [6, 6.07) is 0. The Morgan fingerprint density at radius 3 is 3.05 bits per heavy atom. The van der Waals surface area contributed by atoms with Crippen LogP contribution in [0.1, 0.15) is 19.8 Å². The van der Waals surface area contributed by atoms with E-state index in [1.165, 1.54) is 0 Å². The Morgan fingerprint density at radius 1 is 1.36 bits per heavy atom. The average molecular weight is 305 g/mol. The molecule has 4 N–H and O–H groups in total. The summed E-state index contributed by atoms with van der Waals surface area (Å²) in [4.78, 5) is 20.1. The first-order valence-corrected chi connectivity index (χ1v) is 7.79. The molecule has 8 nitrogen and oxygen atoms in total. The van der Waals surface area contributed by atoms with Gasteiger partial charge in [0, 0.05) is 26.2 Å². The van der Waals surface area contributed by atoms with Crippen LogP contribution in [0.4, 0.5) is 11.8 Å². The lowest BCUT2D eigenvalue weighted by Gasteiger charge is -2.23. The second-order valence-corrected chi connectivity index (χ2v) is 5.76. The number of anilines is 2. The molecule has 0 radical (unpaired) electrons. The van der Waals surface area contributed by atoms with Crippen molar-refractivity contribution in [3.05, 3.63) is 6.33 Å². The minimum Gasteiger partial charge on any atom is -0.390 e. The van der Waals surface area contributed by atoms with Crippen LogP contribution in [-0.4, -0.2) is 68.8 Å². The van der Waals surface area contributed by atoms with E-state index in [0.29, 0.717) is 18.7 Å². The number of hydrogen-bond donors (Lipinski definition) is 3. The van der Waals surface area contributed by atoms with Crippen molar-refractivity contribution in [2.75, 3.05) is 43.4 Å². The van der Waals surface area contributed by atoms with E-state index in [1.54, 1.807) is 6.33 Å². The van der Waals surface area contributed by atoms with Crippen molar-refractivity contribution < 1.29 is 5.11 Å². The molecule has 1 saturated heterocycles. The quantitative estimate of drug-likeness (QED) is 0.741. The van der Waals surface area contributed by atoms with Crippen molar-refractivity contribution in [3.8, 4) is 0 Å². The first kappa shape index (κ1) is 15.0. The number of unbranched alkanes of at least 4 members (excludes halogenated alkanes) is 1. The summed E-state index contributed by atoms with van der Waals surface area (Å²) in [6.45, 7) is 6.13. The number of fused-ring (bicyclic) bond motifs is 1. The molecule has 0 amide bonds. The number of aliphatic hydroxyl groups is 1. The van der Waals surface area contributed by atoms with Gasteiger partial charge in [-0.2, -0.15) is 9.97 Å². The zero-order valence-electron chi connectivity index (χ0n) is 12.9. The SMILES string of the molecule is CCCCN1CCN(c2nc(N)nc3nc[nH]c23)C[C@@H](O)C1. The number of H-pyrrole nitrogens is 1. The maximum Gasteiger partial charge on any atom is 0.224 e. The molecule has 1 aliphatic heterocycles. The van der Waals surface area contributed by atoms with Crippen molar-refractivity contribution in [3.63, 3.8) is 0 Å². The van der Waals surface area contributed by atoms with E-state index in [4.69, 9.17) is 5.73 Å². The number of aliphatic hydroxyl groups excluding tert-OH is 1. The van der Waals surface area contributed by atoms with Crippen LogP contribution in [0.2, 0.25) is 0 Å². The monoisotopic (exact) mass is 305 g/mol. The number of nitrogens with two attached hydrogens (primary N) is 1. The number of hydrogen-bond acceptors (Lipinski definition) is 7. The summed E-state index contributed by atoms with van der Waals surface area (Å²) in [5, 5.41) is 10.3. The summed E-state index contributed by atoms with van der Waals surface area (Å²) in [5.41, 5.74) is 7.11. The molecule has 120 valence electrons. The van der Waals surface area contributed by atoms with Crippen molar-refractivity contribution in [1.29, 1.82) is 0 Å². The van der Waals surface area contributed by atoms with Gasteiger partial charge in [0.2, 0.25) is 5.95 Å². The van der Waals surface area contributed by atoms with Gasteiger partial charge in [0.15, 0.2) is 11.5 Å². The normalized spacial score (nSPS) is 20.5. The molecule has 8 heteroatoms. The molecule has 1 aliphatic rings. The van der Waals surface area contributed by atoms with E-state index in [1.807, 2.05) is 0 Å². The van der Waals surface area contributed by atoms with Crippen molar-refractivity contribution in [1.82, 2.24) is 24.8 Å². The van der Waals surface area contributed by atoms with Crippen LogP contribution in [0.15, 0.2) is 6.33 Å². The van der Waals surface area contributed by atoms with Gasteiger partial charge in [0.25, 0.3) is 0 Å². The lowest BCUT2D eigenvalue weighted by atomic mass is 10.3. The topological polar surface area (TPSA) is 107 Å². The first-order chi connectivity index (χ1) is 10.7. The highest BCUT2D eigenvalue weighted by atomic mass is 16.3. The number of rotatable bonds is 4. The molecule has 0 spiro atoms. The van der Waals surface area contributed by atoms with Crippen LogP contribution in [-0.2, 0) is 0 Å². The standard InChI is InChI=1S/C14H23N7O/c1-2-3-4-20-5-6-21(8-10(22)7-20)13-11-12(17-9-16-11)18-14(15)19-13/h9-10,22H,2-8H2,1H3,(H3,15,16,17,18,19)/t10-/m0/s1. The van der Waals surface area contributed by atoms with E-state index in [9.17, 15) is 5.11 Å². The van der Waals surface area contributed by atoms with Crippen molar-refractivity contribution in [2.45, 2.75) is 25.9 Å². The van der Waals surface area contributed by atoms with Crippen LogP contribution in [0.5, 0.6) is 0 Å². The fourth-order valence-corrected chi connectivity index (χ4v) is 2.90. The number of aromatic amines is 1. The van der Waals surface area contributed by atoms with Crippen LogP contribution in [0, 0.1) is 0 Å². The van der Waals surface area contributed by atoms with Gasteiger partial charge in [-0.1, -0.05) is 13.3 Å². The van der Waals surface area contributed by atoms with Gasteiger partial charge in [-0.05, 0) is 13.0 Å². The molecule has 2 aromatic rings. The Morgan fingerprint density at radius 2 is 2.23 bits per heavy atom. The Balaban J connectivity index is 1.83. The Hall–Kier alpha value is -1.93. The van der Waals surface area contributed by atoms with Crippen LogP contribution < -0.4 is 10.6 Å². The zero-order valence-corrected chi connectivity index (χ0v) is 12.9. The van der Waals surface area contributed by atoms with E-state index >= 15 is 0 Å². The van der Waals surface area contributed by atoms with Gasteiger partial charge in [-0.3, -0.25) is 4.90 Å². The van der Waals surface area contributed by atoms with Gasteiger partial charge in [0.1, 0.15) is 5.52 Å². The highest BCUT2D eigenvalue weighted by Gasteiger charge is 2.24. The molecule has 0 unspecified atom stereocenters. The van der Waals surface area contributed by atoms with E-state index in [-0.39, 0.29) is 5.95 Å². The summed E-state index contributed by atoms with van der Waals surface area (Å²) >= 11 is 0. The molecule has 1 atom stereocenters. The molecule has 0 bridgehead atoms.